The summed E-state index contributed by atoms with van der Waals surface area (Å²) >= 11 is 0. The number of primary amides is 1. The number of aromatic hydroxyl groups is 1. The van der Waals surface area contributed by atoms with Crippen LogP contribution in [0.3, 0.4) is 0 Å². The average molecular weight is 556 g/mol. The molecule has 1 aromatic rings. The Kier molecular flexibility index (Phi) is 7.92. The van der Waals surface area contributed by atoms with Crippen LogP contribution in [-0.4, -0.2) is 86.5 Å². The molecule has 0 saturated heterocycles. The van der Waals surface area contributed by atoms with Gasteiger partial charge in [-0.05, 0) is 61.9 Å². The van der Waals surface area contributed by atoms with Crippen LogP contribution in [0, 0.1) is 23.7 Å². The minimum Gasteiger partial charge on any atom is -0.510 e. The van der Waals surface area contributed by atoms with Gasteiger partial charge in [-0.1, -0.05) is 33.8 Å². The molecular weight excluding hydrogens is 514 g/mol. The number of carbonyl (C=O) groups is 3. The standard InChI is InChI=1S/C30H41N3O7/c1-14(2)11-33(12-15(3)4)13-16-7-8-20(34)22-18(16)9-17-10-19-24(32(5)6)26(36)23(29(31)39)28(38)30(19,40)27(37)21(17)25(22)35/h7-8,14-15,17,19,24,34,36-37,40H,9-13H2,1-6H3,(H2,31,39). The molecule has 218 valence electrons. The van der Waals surface area contributed by atoms with E-state index in [4.69, 9.17) is 5.73 Å². The summed E-state index contributed by atoms with van der Waals surface area (Å²) in [4.78, 5) is 43.3. The number of phenols is 1. The SMILES string of the molecule is CC(C)CN(Cc1ccc(O)c2c1CC1CC3C(N(C)C)C(O)=C(C(N)=O)C(=O)C3(O)C(O)=C1C2=O)CC(C)C. The molecule has 0 saturated carbocycles. The van der Waals surface area contributed by atoms with Gasteiger partial charge in [0.1, 0.15) is 22.8 Å². The molecule has 3 aliphatic rings. The number of carbonyl (C=O) groups excluding carboxylic acids is 3. The number of fused-ring (bicyclic) bond motifs is 3. The minimum absolute atomic E-state index is 0.0484. The highest BCUT2D eigenvalue weighted by Gasteiger charge is 2.63. The van der Waals surface area contributed by atoms with Gasteiger partial charge in [0, 0.05) is 31.1 Å². The number of allylic oxidation sites excluding steroid dienone is 1. The summed E-state index contributed by atoms with van der Waals surface area (Å²) < 4.78 is 0. The third-order valence-corrected chi connectivity index (χ3v) is 8.34. The molecule has 1 amide bonds. The van der Waals surface area contributed by atoms with Crippen LogP contribution in [0.15, 0.2) is 34.8 Å². The van der Waals surface area contributed by atoms with Gasteiger partial charge in [-0.2, -0.15) is 0 Å². The summed E-state index contributed by atoms with van der Waals surface area (Å²) in [5.41, 5.74) is 3.41. The van der Waals surface area contributed by atoms with Crippen molar-refractivity contribution < 1.29 is 34.8 Å². The molecule has 0 heterocycles. The van der Waals surface area contributed by atoms with Crippen molar-refractivity contribution in [1.29, 1.82) is 0 Å². The van der Waals surface area contributed by atoms with E-state index >= 15 is 0 Å². The highest BCUT2D eigenvalue weighted by atomic mass is 16.3. The highest BCUT2D eigenvalue weighted by Crippen LogP contribution is 2.52. The smallest absolute Gasteiger partial charge is 0.255 e. The van der Waals surface area contributed by atoms with Gasteiger partial charge in [0.05, 0.1) is 11.6 Å². The normalized spacial score (nSPS) is 26.6. The molecular formula is C30H41N3O7. The van der Waals surface area contributed by atoms with Gasteiger partial charge in [-0.3, -0.25) is 24.2 Å². The van der Waals surface area contributed by atoms with Crippen LogP contribution in [0.25, 0.3) is 0 Å². The molecule has 1 aromatic carbocycles. The third-order valence-electron chi connectivity index (χ3n) is 8.34. The first-order valence-electron chi connectivity index (χ1n) is 13.8. The molecule has 4 unspecified atom stereocenters. The number of rotatable bonds is 8. The van der Waals surface area contributed by atoms with Crippen LogP contribution in [-0.2, 0) is 22.6 Å². The first-order valence-corrected chi connectivity index (χ1v) is 13.8. The summed E-state index contributed by atoms with van der Waals surface area (Å²) in [5, 5.41) is 44.9. The van der Waals surface area contributed by atoms with Crippen molar-refractivity contribution >= 4 is 17.5 Å². The quantitative estimate of drug-likeness (QED) is 0.303. The Balaban J connectivity index is 1.85. The predicted octanol–water partition coefficient (Wildman–Crippen LogP) is 2.23. The van der Waals surface area contributed by atoms with E-state index in [2.05, 4.69) is 32.6 Å². The number of aliphatic hydroxyl groups is 3. The topological polar surface area (TPSA) is 165 Å². The van der Waals surface area contributed by atoms with Crippen LogP contribution < -0.4 is 5.73 Å². The van der Waals surface area contributed by atoms with Crippen LogP contribution in [0.5, 0.6) is 5.75 Å². The lowest BCUT2D eigenvalue weighted by Gasteiger charge is -2.50. The molecule has 0 aromatic heterocycles. The second kappa shape index (κ2) is 10.6. The monoisotopic (exact) mass is 555 g/mol. The molecule has 4 rings (SSSR count). The number of hydrogen-bond acceptors (Lipinski definition) is 9. The Bertz CT molecular complexity index is 1300. The Hall–Kier alpha value is -3.21. The number of Topliss-reactive ketones (excluding diaryl/α,β-unsaturated/α-hetero) is 2. The molecule has 10 nitrogen and oxygen atoms in total. The summed E-state index contributed by atoms with van der Waals surface area (Å²) in [6.45, 7) is 10.9. The maximum absolute atomic E-state index is 13.9. The lowest BCUT2D eigenvalue weighted by Crippen LogP contribution is -2.63. The molecule has 0 aliphatic heterocycles. The number of phenolic OH excluding ortho intramolecular Hbond substituents is 1. The first kappa shape index (κ1) is 29.8. The third kappa shape index (κ3) is 4.71. The van der Waals surface area contributed by atoms with Crippen molar-refractivity contribution in [2.24, 2.45) is 29.4 Å². The molecule has 10 heteroatoms. The van der Waals surface area contributed by atoms with Crippen LogP contribution in [0.2, 0.25) is 0 Å². The number of benzene rings is 1. The van der Waals surface area contributed by atoms with Crippen LogP contribution in [0.4, 0.5) is 0 Å². The van der Waals surface area contributed by atoms with Gasteiger partial charge in [-0.25, -0.2) is 0 Å². The summed E-state index contributed by atoms with van der Waals surface area (Å²) in [5.74, 6) is -5.59. The maximum Gasteiger partial charge on any atom is 0.255 e. The van der Waals surface area contributed by atoms with Gasteiger partial charge >= 0.3 is 0 Å². The van der Waals surface area contributed by atoms with E-state index in [0.717, 1.165) is 18.7 Å². The Labute approximate surface area is 234 Å². The van der Waals surface area contributed by atoms with E-state index in [1.807, 2.05) is 6.07 Å². The maximum atomic E-state index is 13.9. The Morgan fingerprint density at radius 2 is 1.68 bits per heavy atom. The number of amides is 1. The number of aliphatic hydroxyl groups excluding tert-OH is 2. The Morgan fingerprint density at radius 1 is 1.07 bits per heavy atom. The number of nitrogens with two attached hydrogens (primary N) is 1. The van der Waals surface area contributed by atoms with E-state index in [1.165, 1.54) is 6.07 Å². The van der Waals surface area contributed by atoms with Gasteiger partial charge in [0.2, 0.25) is 5.78 Å². The van der Waals surface area contributed by atoms with Crippen molar-refractivity contribution in [2.45, 2.75) is 58.7 Å². The Morgan fingerprint density at radius 3 is 2.20 bits per heavy atom. The van der Waals surface area contributed by atoms with E-state index < -0.39 is 58.0 Å². The summed E-state index contributed by atoms with van der Waals surface area (Å²) in [6.07, 6.45) is 0.359. The second-order valence-electron chi connectivity index (χ2n) is 12.5. The van der Waals surface area contributed by atoms with Crippen molar-refractivity contribution in [3.63, 3.8) is 0 Å². The fourth-order valence-electron chi connectivity index (χ4n) is 6.94. The van der Waals surface area contributed by atoms with Gasteiger partial charge < -0.3 is 26.2 Å². The number of nitrogens with zero attached hydrogens (tertiary/aromatic N) is 2. The number of ketones is 2. The lowest BCUT2D eigenvalue weighted by molar-refractivity contribution is -0.148. The molecule has 0 fully saturated rings. The van der Waals surface area contributed by atoms with Crippen molar-refractivity contribution in [1.82, 2.24) is 9.80 Å². The van der Waals surface area contributed by atoms with Gasteiger partial charge in [-0.15, -0.1) is 0 Å². The predicted molar refractivity (Wildman–Crippen MR) is 149 cm³/mol. The second-order valence-corrected chi connectivity index (χ2v) is 12.5. The van der Waals surface area contributed by atoms with Crippen molar-refractivity contribution in [3.8, 4) is 5.75 Å². The zero-order valence-corrected chi connectivity index (χ0v) is 24.1. The van der Waals surface area contributed by atoms with E-state index in [1.54, 1.807) is 19.0 Å². The fourth-order valence-corrected chi connectivity index (χ4v) is 6.94. The number of hydrogen-bond donors (Lipinski definition) is 5. The highest BCUT2D eigenvalue weighted by molar-refractivity contribution is 6.24. The molecule has 3 aliphatic carbocycles. The van der Waals surface area contributed by atoms with Gasteiger partial charge in [0.15, 0.2) is 11.4 Å². The summed E-state index contributed by atoms with van der Waals surface area (Å²) in [7, 11) is 3.23. The fraction of sp³-hybridized carbons (Fsp3) is 0.567. The lowest BCUT2D eigenvalue weighted by atomic mass is 9.58. The number of likely N-dealkylation sites (N-methyl/N-ethyl adjacent to an activating group) is 1. The van der Waals surface area contributed by atoms with Crippen molar-refractivity contribution in [3.05, 3.63) is 51.5 Å². The molecule has 0 radical (unpaired) electrons. The van der Waals surface area contributed by atoms with Crippen LogP contribution >= 0.6 is 0 Å². The van der Waals surface area contributed by atoms with E-state index in [-0.39, 0.29) is 29.7 Å². The summed E-state index contributed by atoms with van der Waals surface area (Å²) in [6, 6.07) is 2.28. The molecule has 6 N–H and O–H groups in total. The molecule has 0 spiro atoms. The zero-order valence-electron chi connectivity index (χ0n) is 24.1. The first-order chi connectivity index (χ1) is 18.6. The minimum atomic E-state index is -2.64. The molecule has 40 heavy (non-hydrogen) atoms. The largest absolute Gasteiger partial charge is 0.510 e. The molecule has 4 atom stereocenters. The average Bonchev–Trinajstić information content (AvgIpc) is 2.81. The van der Waals surface area contributed by atoms with E-state index in [9.17, 15) is 34.8 Å². The molecule has 0 bridgehead atoms. The van der Waals surface area contributed by atoms with Crippen LogP contribution in [0.1, 0.15) is 55.6 Å². The van der Waals surface area contributed by atoms with E-state index in [0.29, 0.717) is 23.9 Å². The zero-order chi connectivity index (χ0) is 29.8. The van der Waals surface area contributed by atoms with Crippen molar-refractivity contribution in [2.75, 3.05) is 27.2 Å². The van der Waals surface area contributed by atoms with Gasteiger partial charge in [0.25, 0.3) is 5.91 Å².